The average Bonchev–Trinajstić information content (AvgIpc) is 2.92. The molecule has 1 heterocycles. The molecule has 0 bridgehead atoms. The highest BCUT2D eigenvalue weighted by Crippen LogP contribution is 2.21. The van der Waals surface area contributed by atoms with Gasteiger partial charge in [0.05, 0.1) is 12.7 Å². The molecule has 2 rings (SSSR count). The SMILES string of the molecule is COC(=O)c1ccc(CNS(=O)(=O)c2cc(N)cs2)cc1. The molecule has 1 aromatic carbocycles. The Labute approximate surface area is 126 Å². The Balaban J connectivity index is 2.04. The number of sulfonamides is 1. The summed E-state index contributed by atoms with van der Waals surface area (Å²) in [5, 5.41) is 1.57. The van der Waals surface area contributed by atoms with Gasteiger partial charge in [-0.25, -0.2) is 17.9 Å². The molecular formula is C13H14N2O4S2. The molecule has 0 spiro atoms. The first-order valence-corrected chi connectivity index (χ1v) is 8.29. The van der Waals surface area contributed by atoms with E-state index >= 15 is 0 Å². The van der Waals surface area contributed by atoms with Crippen molar-refractivity contribution in [1.29, 1.82) is 0 Å². The van der Waals surface area contributed by atoms with Crippen molar-refractivity contribution < 1.29 is 17.9 Å². The van der Waals surface area contributed by atoms with Gasteiger partial charge in [0.25, 0.3) is 0 Å². The maximum atomic E-state index is 12.0. The van der Waals surface area contributed by atoms with Crippen molar-refractivity contribution in [3.05, 3.63) is 46.8 Å². The van der Waals surface area contributed by atoms with Gasteiger partial charge in [-0.1, -0.05) is 12.1 Å². The number of carbonyl (C=O) groups is 1. The molecule has 6 nitrogen and oxygen atoms in total. The van der Waals surface area contributed by atoms with Crippen LogP contribution in [-0.2, 0) is 21.3 Å². The van der Waals surface area contributed by atoms with Crippen molar-refractivity contribution in [2.75, 3.05) is 12.8 Å². The van der Waals surface area contributed by atoms with Gasteiger partial charge in [0, 0.05) is 17.6 Å². The van der Waals surface area contributed by atoms with Crippen molar-refractivity contribution >= 4 is 33.0 Å². The first kappa shape index (κ1) is 15.5. The molecule has 21 heavy (non-hydrogen) atoms. The van der Waals surface area contributed by atoms with Gasteiger partial charge >= 0.3 is 5.97 Å². The highest BCUT2D eigenvalue weighted by atomic mass is 32.2. The van der Waals surface area contributed by atoms with E-state index in [1.54, 1.807) is 29.6 Å². The number of nitrogens with two attached hydrogens (primary N) is 1. The van der Waals surface area contributed by atoms with Gasteiger partial charge in [0.1, 0.15) is 4.21 Å². The minimum atomic E-state index is -3.57. The first-order valence-electron chi connectivity index (χ1n) is 5.93. The summed E-state index contributed by atoms with van der Waals surface area (Å²) < 4.78 is 31.3. The van der Waals surface area contributed by atoms with Crippen molar-refractivity contribution in [2.45, 2.75) is 10.8 Å². The number of esters is 1. The number of nitrogen functional groups attached to an aromatic ring is 1. The predicted octanol–water partition coefficient (Wildman–Crippen LogP) is 1.60. The van der Waals surface area contributed by atoms with Crippen molar-refractivity contribution in [1.82, 2.24) is 4.72 Å². The van der Waals surface area contributed by atoms with Crippen LogP contribution in [0.1, 0.15) is 15.9 Å². The number of methoxy groups -OCH3 is 1. The third kappa shape index (κ3) is 3.81. The van der Waals surface area contributed by atoms with Crippen LogP contribution in [0.15, 0.2) is 39.9 Å². The summed E-state index contributed by atoms with van der Waals surface area (Å²) in [4.78, 5) is 11.3. The molecule has 0 unspecified atom stereocenters. The van der Waals surface area contributed by atoms with Crippen LogP contribution < -0.4 is 10.5 Å². The number of hydrogen-bond acceptors (Lipinski definition) is 6. The molecule has 2 aromatic rings. The molecule has 0 aliphatic heterocycles. The minimum absolute atomic E-state index is 0.127. The number of rotatable bonds is 5. The summed E-state index contributed by atoms with van der Waals surface area (Å²) in [5.74, 6) is -0.434. The lowest BCUT2D eigenvalue weighted by Gasteiger charge is -2.05. The van der Waals surface area contributed by atoms with Gasteiger partial charge in [-0.3, -0.25) is 0 Å². The normalized spacial score (nSPS) is 11.3. The van der Waals surface area contributed by atoms with Crippen molar-refractivity contribution in [3.63, 3.8) is 0 Å². The number of hydrogen-bond donors (Lipinski definition) is 2. The van der Waals surface area contributed by atoms with Gasteiger partial charge in [-0.2, -0.15) is 0 Å². The monoisotopic (exact) mass is 326 g/mol. The van der Waals surface area contributed by atoms with E-state index < -0.39 is 16.0 Å². The maximum absolute atomic E-state index is 12.0. The van der Waals surface area contributed by atoms with Crippen molar-refractivity contribution in [3.8, 4) is 0 Å². The molecule has 0 atom stereocenters. The second-order valence-electron chi connectivity index (χ2n) is 4.21. The summed E-state index contributed by atoms with van der Waals surface area (Å²) in [6.45, 7) is 0.127. The van der Waals surface area contributed by atoms with Crippen LogP contribution in [0.5, 0.6) is 0 Å². The Morgan fingerprint density at radius 1 is 1.33 bits per heavy atom. The number of nitrogens with one attached hydrogen (secondary N) is 1. The van der Waals surface area contributed by atoms with Crippen LogP contribution in [0.4, 0.5) is 5.69 Å². The summed E-state index contributed by atoms with van der Waals surface area (Å²) in [7, 11) is -2.27. The van der Waals surface area contributed by atoms with Gasteiger partial charge in [0.15, 0.2) is 0 Å². The van der Waals surface area contributed by atoms with E-state index in [1.165, 1.54) is 13.2 Å². The van der Waals surface area contributed by atoms with Gasteiger partial charge in [-0.05, 0) is 23.8 Å². The van der Waals surface area contributed by atoms with Gasteiger partial charge in [-0.15, -0.1) is 11.3 Å². The minimum Gasteiger partial charge on any atom is -0.465 e. The van der Waals surface area contributed by atoms with Crippen LogP contribution in [0.25, 0.3) is 0 Å². The number of anilines is 1. The fourth-order valence-corrected chi connectivity index (χ4v) is 3.74. The molecule has 0 fully saturated rings. The van der Waals surface area contributed by atoms with Crippen LogP contribution >= 0.6 is 11.3 Å². The zero-order valence-electron chi connectivity index (χ0n) is 11.2. The highest BCUT2D eigenvalue weighted by molar-refractivity contribution is 7.91. The standard InChI is InChI=1S/C13H14N2O4S2/c1-19-13(16)10-4-2-9(3-5-10)7-15-21(17,18)12-6-11(14)8-20-12/h2-6,8,15H,7,14H2,1H3. The summed E-state index contributed by atoms with van der Waals surface area (Å²) in [6, 6.07) is 7.90. The van der Waals surface area contributed by atoms with E-state index in [-0.39, 0.29) is 10.8 Å². The van der Waals surface area contributed by atoms with Crippen LogP contribution in [0.3, 0.4) is 0 Å². The maximum Gasteiger partial charge on any atom is 0.337 e. The molecular weight excluding hydrogens is 312 g/mol. The molecule has 3 N–H and O–H groups in total. The third-order valence-electron chi connectivity index (χ3n) is 2.70. The molecule has 0 aliphatic carbocycles. The summed E-state index contributed by atoms with van der Waals surface area (Å²) >= 11 is 1.06. The largest absolute Gasteiger partial charge is 0.465 e. The lowest BCUT2D eigenvalue weighted by atomic mass is 10.1. The molecule has 0 radical (unpaired) electrons. The van der Waals surface area contributed by atoms with E-state index in [2.05, 4.69) is 9.46 Å². The predicted molar refractivity (Wildman–Crippen MR) is 80.5 cm³/mol. The van der Waals surface area contributed by atoms with Crippen LogP contribution in [0, 0.1) is 0 Å². The highest BCUT2D eigenvalue weighted by Gasteiger charge is 2.16. The van der Waals surface area contributed by atoms with Gasteiger partial charge in [0.2, 0.25) is 10.0 Å². The zero-order chi connectivity index (χ0) is 15.5. The average molecular weight is 326 g/mol. The molecule has 112 valence electrons. The Morgan fingerprint density at radius 2 is 2.00 bits per heavy atom. The van der Waals surface area contributed by atoms with Crippen molar-refractivity contribution in [2.24, 2.45) is 0 Å². The first-order chi connectivity index (χ1) is 9.92. The Hall–Kier alpha value is -1.90. The lowest BCUT2D eigenvalue weighted by molar-refractivity contribution is 0.0600. The third-order valence-corrected chi connectivity index (χ3v) is 5.56. The number of ether oxygens (including phenoxy) is 1. The number of carbonyl (C=O) groups excluding carboxylic acids is 1. The topological polar surface area (TPSA) is 98.5 Å². The Morgan fingerprint density at radius 3 is 2.52 bits per heavy atom. The van der Waals surface area contributed by atoms with E-state index in [0.717, 1.165) is 16.9 Å². The second kappa shape index (κ2) is 6.25. The molecule has 0 amide bonds. The Kier molecular flexibility index (Phi) is 4.61. The lowest BCUT2D eigenvalue weighted by Crippen LogP contribution is -2.22. The molecule has 0 saturated heterocycles. The van der Waals surface area contributed by atoms with Gasteiger partial charge < -0.3 is 10.5 Å². The second-order valence-corrected chi connectivity index (χ2v) is 7.12. The fourth-order valence-electron chi connectivity index (χ4n) is 1.60. The van der Waals surface area contributed by atoms with Crippen LogP contribution in [0.2, 0.25) is 0 Å². The van der Waals surface area contributed by atoms with E-state index in [0.29, 0.717) is 11.3 Å². The van der Waals surface area contributed by atoms with Crippen LogP contribution in [-0.4, -0.2) is 21.5 Å². The van der Waals surface area contributed by atoms with E-state index in [4.69, 9.17) is 5.73 Å². The smallest absolute Gasteiger partial charge is 0.337 e. The summed E-state index contributed by atoms with van der Waals surface area (Å²) in [6.07, 6.45) is 0. The Bertz CT molecular complexity index is 736. The molecule has 8 heteroatoms. The van der Waals surface area contributed by atoms with E-state index in [9.17, 15) is 13.2 Å². The quantitative estimate of drug-likeness (QED) is 0.813. The summed E-state index contributed by atoms with van der Waals surface area (Å²) in [5.41, 5.74) is 7.08. The molecule has 1 aromatic heterocycles. The number of thiophene rings is 1. The molecule has 0 aliphatic rings. The van der Waals surface area contributed by atoms with E-state index in [1.807, 2.05) is 0 Å². The number of benzene rings is 1. The zero-order valence-corrected chi connectivity index (χ0v) is 12.8. The fraction of sp³-hybridized carbons (Fsp3) is 0.154. The molecule has 0 saturated carbocycles.